The molecule has 6 nitrogen and oxygen atoms in total. The number of aryl methyl sites for hydroxylation is 1. The molecule has 0 aliphatic carbocycles. The van der Waals surface area contributed by atoms with Crippen LogP contribution in [0.5, 0.6) is 5.75 Å². The van der Waals surface area contributed by atoms with E-state index in [9.17, 15) is 9.59 Å². The Kier molecular flexibility index (Phi) is 3.97. The predicted molar refractivity (Wildman–Crippen MR) is 91.1 cm³/mol. The highest BCUT2D eigenvalue weighted by atomic mass is 16.5. The third-order valence-electron chi connectivity index (χ3n) is 4.15. The first kappa shape index (κ1) is 16.0. The van der Waals surface area contributed by atoms with Crippen molar-refractivity contribution >= 4 is 23.3 Å². The van der Waals surface area contributed by atoms with Gasteiger partial charge in [-0.2, -0.15) is 0 Å². The van der Waals surface area contributed by atoms with E-state index in [-0.39, 0.29) is 0 Å². The summed E-state index contributed by atoms with van der Waals surface area (Å²) in [6, 6.07) is 10.9. The number of benzene rings is 1. The molecule has 0 saturated carbocycles. The lowest BCUT2D eigenvalue weighted by atomic mass is 10.0. The van der Waals surface area contributed by atoms with Gasteiger partial charge in [0, 0.05) is 18.9 Å². The van der Waals surface area contributed by atoms with Crippen molar-refractivity contribution in [3.63, 3.8) is 0 Å². The molecule has 1 N–H and O–H groups in total. The number of nitrogens with one attached hydrogen (secondary N) is 1. The molecule has 1 aliphatic rings. The number of likely N-dealkylation sites (N-methyl/N-ethyl adjacent to an activating group) is 1. The van der Waals surface area contributed by atoms with Gasteiger partial charge in [0.2, 0.25) is 0 Å². The molecule has 1 unspecified atom stereocenters. The molecule has 0 saturated heterocycles. The van der Waals surface area contributed by atoms with Crippen molar-refractivity contribution in [3.8, 4) is 5.75 Å². The lowest BCUT2D eigenvalue weighted by Crippen LogP contribution is -2.60. The maximum Gasteiger partial charge on any atom is 0.281 e. The third kappa shape index (κ3) is 2.60. The molecule has 0 spiro atoms. The Bertz CT molecular complexity index is 788. The Morgan fingerprint density at radius 1 is 1.29 bits per heavy atom. The molecule has 1 aliphatic heterocycles. The van der Waals surface area contributed by atoms with Gasteiger partial charge in [0.25, 0.3) is 17.4 Å². The Hall–Kier alpha value is -2.89. The summed E-state index contributed by atoms with van der Waals surface area (Å²) >= 11 is 0. The number of hydrogen-bond acceptors (Lipinski definition) is 4. The summed E-state index contributed by atoms with van der Waals surface area (Å²) in [4.78, 5) is 30.8. The van der Waals surface area contributed by atoms with Crippen LogP contribution in [0.4, 0.5) is 11.5 Å². The molecule has 2 heterocycles. The fraction of sp³-hybridized carbons (Fsp3) is 0.278. The van der Waals surface area contributed by atoms with Crippen molar-refractivity contribution in [2.24, 2.45) is 0 Å². The molecule has 1 atom stereocenters. The van der Waals surface area contributed by atoms with E-state index in [1.54, 1.807) is 25.4 Å². The molecular formula is C18H19N3O3. The van der Waals surface area contributed by atoms with Crippen molar-refractivity contribution in [1.82, 2.24) is 4.98 Å². The number of ether oxygens (including phenoxy) is 1. The smallest absolute Gasteiger partial charge is 0.281 e. The molecule has 2 amide bonds. The first-order valence-corrected chi connectivity index (χ1v) is 7.78. The molecule has 0 fully saturated rings. The maximum atomic E-state index is 12.7. The van der Waals surface area contributed by atoms with Gasteiger partial charge in [0.1, 0.15) is 0 Å². The molecule has 0 radical (unpaired) electrons. The minimum atomic E-state index is -1.64. The zero-order chi connectivity index (χ0) is 17.3. The van der Waals surface area contributed by atoms with E-state index in [0.29, 0.717) is 17.3 Å². The van der Waals surface area contributed by atoms with Gasteiger partial charge in [-0.05, 0) is 43.2 Å². The quantitative estimate of drug-likeness (QED) is 0.880. The molecular weight excluding hydrogens is 306 g/mol. The summed E-state index contributed by atoms with van der Waals surface area (Å²) in [5.41, 5.74) is 0.146. The monoisotopic (exact) mass is 325 g/mol. The highest BCUT2D eigenvalue weighted by Gasteiger charge is 2.50. The number of anilines is 2. The van der Waals surface area contributed by atoms with Gasteiger partial charge >= 0.3 is 0 Å². The average Bonchev–Trinajstić information content (AvgIpc) is 2.60. The summed E-state index contributed by atoms with van der Waals surface area (Å²) in [5, 5.41) is 2.75. The number of rotatable bonds is 3. The summed E-state index contributed by atoms with van der Waals surface area (Å²) < 4.78 is 5.72. The van der Waals surface area contributed by atoms with Crippen LogP contribution in [0.3, 0.4) is 0 Å². The van der Waals surface area contributed by atoms with Crippen molar-refractivity contribution < 1.29 is 14.3 Å². The second-order valence-electron chi connectivity index (χ2n) is 5.83. The van der Waals surface area contributed by atoms with E-state index >= 15 is 0 Å². The topological polar surface area (TPSA) is 71.5 Å². The lowest BCUT2D eigenvalue weighted by molar-refractivity contribution is -0.145. The normalized spacial score (nSPS) is 19.5. The highest BCUT2D eigenvalue weighted by Crippen LogP contribution is 2.35. The second kappa shape index (κ2) is 5.96. The van der Waals surface area contributed by atoms with Gasteiger partial charge in [-0.25, -0.2) is 4.98 Å². The van der Waals surface area contributed by atoms with Crippen LogP contribution < -0.4 is 15.0 Å². The number of amides is 2. The number of fused-ring (bicyclic) bond motifs is 1. The molecule has 3 rings (SSSR count). The standard InChI is InChI=1S/C18H19N3O3/c1-4-12-7-9-13(10-8-12)20-16(22)18(2)17(23)21(3)15-14(24-18)6-5-11-19-15/h5-11H,4H2,1-3H3,(H,20,22). The average molecular weight is 325 g/mol. The van der Waals surface area contributed by atoms with Crippen LogP contribution in [-0.2, 0) is 16.0 Å². The van der Waals surface area contributed by atoms with Gasteiger partial charge in [0.15, 0.2) is 11.6 Å². The molecule has 124 valence electrons. The van der Waals surface area contributed by atoms with Gasteiger partial charge in [-0.1, -0.05) is 19.1 Å². The van der Waals surface area contributed by atoms with Crippen molar-refractivity contribution in [2.75, 3.05) is 17.3 Å². The van der Waals surface area contributed by atoms with Crippen molar-refractivity contribution in [1.29, 1.82) is 0 Å². The summed E-state index contributed by atoms with van der Waals surface area (Å²) in [7, 11) is 1.58. The Labute approximate surface area is 140 Å². The SMILES string of the molecule is CCc1ccc(NC(=O)C2(C)Oc3cccnc3N(C)C2=O)cc1. The van der Waals surface area contributed by atoms with E-state index in [1.807, 2.05) is 24.3 Å². The molecule has 0 bridgehead atoms. The molecule has 24 heavy (non-hydrogen) atoms. The Morgan fingerprint density at radius 3 is 2.67 bits per heavy atom. The Morgan fingerprint density at radius 2 is 2.00 bits per heavy atom. The minimum absolute atomic E-state index is 0.401. The van der Waals surface area contributed by atoms with E-state index < -0.39 is 17.4 Å². The number of carbonyl (C=O) groups is 2. The number of aromatic nitrogens is 1. The van der Waals surface area contributed by atoms with Gasteiger partial charge in [-0.3, -0.25) is 14.5 Å². The van der Waals surface area contributed by atoms with Crippen molar-refractivity contribution in [2.45, 2.75) is 25.9 Å². The number of carbonyl (C=O) groups excluding carboxylic acids is 2. The molecule has 1 aromatic heterocycles. The summed E-state index contributed by atoms with van der Waals surface area (Å²) in [6.45, 7) is 3.53. The fourth-order valence-corrected chi connectivity index (χ4v) is 2.61. The molecule has 1 aromatic carbocycles. The summed E-state index contributed by atoms with van der Waals surface area (Å²) in [6.07, 6.45) is 2.49. The summed E-state index contributed by atoms with van der Waals surface area (Å²) in [5.74, 6) is -0.173. The first-order valence-electron chi connectivity index (χ1n) is 7.78. The number of hydrogen-bond donors (Lipinski definition) is 1. The van der Waals surface area contributed by atoms with Crippen LogP contribution in [-0.4, -0.2) is 29.4 Å². The van der Waals surface area contributed by atoms with Gasteiger partial charge in [0.05, 0.1) is 0 Å². The zero-order valence-corrected chi connectivity index (χ0v) is 13.9. The molecule has 6 heteroatoms. The largest absolute Gasteiger partial charge is 0.464 e. The molecule has 2 aromatic rings. The zero-order valence-electron chi connectivity index (χ0n) is 13.9. The van der Waals surface area contributed by atoms with Gasteiger partial charge in [-0.15, -0.1) is 0 Å². The van der Waals surface area contributed by atoms with Crippen LogP contribution in [0.2, 0.25) is 0 Å². The number of nitrogens with zero attached hydrogens (tertiary/aromatic N) is 2. The minimum Gasteiger partial charge on any atom is -0.464 e. The second-order valence-corrected chi connectivity index (χ2v) is 5.83. The first-order chi connectivity index (χ1) is 11.5. The Balaban J connectivity index is 1.86. The fourth-order valence-electron chi connectivity index (χ4n) is 2.61. The van der Waals surface area contributed by atoms with Crippen LogP contribution in [0.1, 0.15) is 19.4 Å². The maximum absolute atomic E-state index is 12.7. The third-order valence-corrected chi connectivity index (χ3v) is 4.15. The number of pyridine rings is 1. The van der Waals surface area contributed by atoms with Crippen LogP contribution in [0.25, 0.3) is 0 Å². The van der Waals surface area contributed by atoms with Crippen LogP contribution >= 0.6 is 0 Å². The van der Waals surface area contributed by atoms with Crippen LogP contribution in [0.15, 0.2) is 42.6 Å². The van der Waals surface area contributed by atoms with Crippen LogP contribution in [0, 0.1) is 0 Å². The van der Waals surface area contributed by atoms with E-state index in [0.717, 1.165) is 6.42 Å². The van der Waals surface area contributed by atoms with E-state index in [2.05, 4.69) is 17.2 Å². The van der Waals surface area contributed by atoms with E-state index in [1.165, 1.54) is 17.4 Å². The highest BCUT2D eigenvalue weighted by molar-refractivity contribution is 6.19. The van der Waals surface area contributed by atoms with E-state index in [4.69, 9.17) is 4.74 Å². The lowest BCUT2D eigenvalue weighted by Gasteiger charge is -2.36. The van der Waals surface area contributed by atoms with Crippen molar-refractivity contribution in [3.05, 3.63) is 48.2 Å². The predicted octanol–water partition coefficient (Wildman–Crippen LogP) is 2.40. The van der Waals surface area contributed by atoms with Gasteiger partial charge < -0.3 is 10.1 Å².